The summed E-state index contributed by atoms with van der Waals surface area (Å²) in [5.74, 6) is -1.12. The fourth-order valence-corrected chi connectivity index (χ4v) is 3.91. The molecule has 1 saturated heterocycles. The number of thioether (sulfide) groups is 1. The number of hydrogen-bond acceptors (Lipinski definition) is 8. The number of nitro benzene ring substituents is 1. The predicted molar refractivity (Wildman–Crippen MR) is 116 cm³/mol. The van der Waals surface area contributed by atoms with E-state index in [-0.39, 0.29) is 17.0 Å². The molecule has 0 atom stereocenters. The number of nitrogens with zero attached hydrogens (tertiary/aromatic N) is 3. The van der Waals surface area contributed by atoms with Crippen LogP contribution in [0.15, 0.2) is 47.4 Å². The minimum Gasteiger partial charge on any atom is -0.452 e. The van der Waals surface area contributed by atoms with Gasteiger partial charge in [-0.2, -0.15) is 5.26 Å². The molecule has 2 aromatic carbocycles. The summed E-state index contributed by atoms with van der Waals surface area (Å²) < 4.78 is 5.16. The van der Waals surface area contributed by atoms with Gasteiger partial charge in [-0.15, -0.1) is 11.8 Å². The Morgan fingerprint density at radius 2 is 1.97 bits per heavy atom. The molecule has 1 fully saturated rings. The third kappa shape index (κ3) is 5.73. The fraction of sp³-hybridized carbons (Fsp3) is 0.286. The topological polar surface area (TPSA) is 126 Å². The minimum absolute atomic E-state index is 0.0638. The largest absolute Gasteiger partial charge is 0.452 e. The zero-order valence-electron chi connectivity index (χ0n) is 16.6. The third-order valence-corrected chi connectivity index (χ3v) is 5.59. The number of anilines is 2. The third-order valence-electron chi connectivity index (χ3n) is 4.65. The minimum atomic E-state index is -0.798. The maximum absolute atomic E-state index is 12.7. The second-order valence-electron chi connectivity index (χ2n) is 6.72. The number of carbonyl (C=O) groups is 2. The van der Waals surface area contributed by atoms with Crippen molar-refractivity contribution in [3.8, 4) is 6.07 Å². The molecule has 1 heterocycles. The Bertz CT molecular complexity index is 1030. The van der Waals surface area contributed by atoms with Crippen LogP contribution in [0.25, 0.3) is 0 Å². The van der Waals surface area contributed by atoms with Crippen molar-refractivity contribution >= 4 is 40.7 Å². The van der Waals surface area contributed by atoms with E-state index in [2.05, 4.69) is 5.32 Å². The standard InChI is InChI=1S/C21H20N4O5S/c22-9-12-31-19-6-2-1-5-17(19)23-20(26)14-30-21(27)16-13-15(25(28)29)7-8-18(16)24-10-3-4-11-24/h1-2,5-8,13H,3-4,10-12,14H2,(H,23,26). The number of hydrogen-bond donors (Lipinski definition) is 1. The number of rotatable bonds is 8. The Hall–Kier alpha value is -3.58. The maximum Gasteiger partial charge on any atom is 0.341 e. The molecule has 1 aliphatic heterocycles. The first kappa shape index (κ1) is 22.1. The van der Waals surface area contributed by atoms with E-state index >= 15 is 0 Å². The van der Waals surface area contributed by atoms with Gasteiger partial charge in [-0.1, -0.05) is 12.1 Å². The zero-order valence-corrected chi connectivity index (χ0v) is 17.4. The summed E-state index contributed by atoms with van der Waals surface area (Å²) in [7, 11) is 0. The highest BCUT2D eigenvalue weighted by molar-refractivity contribution is 7.99. The maximum atomic E-state index is 12.7. The molecule has 31 heavy (non-hydrogen) atoms. The number of amides is 1. The Kier molecular flexibility index (Phi) is 7.45. The highest BCUT2D eigenvalue weighted by atomic mass is 32.2. The summed E-state index contributed by atoms with van der Waals surface area (Å²) in [5, 5.41) is 22.5. The van der Waals surface area contributed by atoms with Crippen molar-refractivity contribution in [3.63, 3.8) is 0 Å². The van der Waals surface area contributed by atoms with Crippen LogP contribution < -0.4 is 10.2 Å². The molecule has 9 nitrogen and oxygen atoms in total. The summed E-state index contributed by atoms with van der Waals surface area (Å²) >= 11 is 1.28. The van der Waals surface area contributed by atoms with E-state index in [9.17, 15) is 19.7 Å². The van der Waals surface area contributed by atoms with Gasteiger partial charge in [0, 0.05) is 30.1 Å². The molecule has 0 radical (unpaired) electrons. The lowest BCUT2D eigenvalue weighted by Crippen LogP contribution is -2.24. The van der Waals surface area contributed by atoms with E-state index in [0.717, 1.165) is 30.8 Å². The molecule has 2 aromatic rings. The molecular formula is C21H20N4O5S. The van der Waals surface area contributed by atoms with E-state index in [4.69, 9.17) is 10.00 Å². The van der Waals surface area contributed by atoms with Crippen molar-refractivity contribution in [2.24, 2.45) is 0 Å². The van der Waals surface area contributed by atoms with Crippen LogP contribution in [0.4, 0.5) is 17.1 Å². The summed E-state index contributed by atoms with van der Waals surface area (Å²) in [6.07, 6.45) is 1.94. The van der Waals surface area contributed by atoms with E-state index in [1.165, 1.54) is 23.9 Å². The lowest BCUT2D eigenvalue weighted by atomic mass is 10.1. The molecule has 160 valence electrons. The number of nitrogens with one attached hydrogen (secondary N) is 1. The molecule has 0 spiro atoms. The molecule has 1 amide bonds. The van der Waals surface area contributed by atoms with Gasteiger partial charge in [0.15, 0.2) is 6.61 Å². The number of nitro groups is 1. The number of ether oxygens (including phenoxy) is 1. The SMILES string of the molecule is N#CCSc1ccccc1NC(=O)COC(=O)c1cc([N+](=O)[O-])ccc1N1CCCC1. The average Bonchev–Trinajstić information content (AvgIpc) is 3.31. The van der Waals surface area contributed by atoms with Gasteiger partial charge in [0.2, 0.25) is 0 Å². The van der Waals surface area contributed by atoms with E-state index in [0.29, 0.717) is 11.4 Å². The molecule has 10 heteroatoms. The Balaban J connectivity index is 1.69. The molecular weight excluding hydrogens is 420 g/mol. The number of para-hydroxylation sites is 1. The van der Waals surface area contributed by atoms with Crippen LogP contribution in [0.2, 0.25) is 0 Å². The Morgan fingerprint density at radius 1 is 1.23 bits per heavy atom. The van der Waals surface area contributed by atoms with Crippen LogP contribution in [0.3, 0.4) is 0 Å². The predicted octanol–water partition coefficient (Wildman–Crippen LogP) is 3.61. The van der Waals surface area contributed by atoms with E-state index < -0.39 is 23.4 Å². The smallest absolute Gasteiger partial charge is 0.341 e. The van der Waals surface area contributed by atoms with Crippen molar-refractivity contribution in [1.29, 1.82) is 5.26 Å². The number of carbonyl (C=O) groups excluding carboxylic acids is 2. The van der Waals surface area contributed by atoms with Crippen molar-refractivity contribution in [2.75, 3.05) is 35.7 Å². The van der Waals surface area contributed by atoms with Gasteiger partial charge >= 0.3 is 5.97 Å². The Labute approximate surface area is 183 Å². The molecule has 3 rings (SSSR count). The van der Waals surface area contributed by atoms with Gasteiger partial charge in [-0.25, -0.2) is 4.79 Å². The number of non-ortho nitro benzene ring substituents is 1. The second kappa shape index (κ2) is 10.4. The van der Waals surface area contributed by atoms with Crippen LogP contribution in [-0.4, -0.2) is 42.2 Å². The monoisotopic (exact) mass is 440 g/mol. The summed E-state index contributed by atoms with van der Waals surface area (Å²) in [5.41, 5.74) is 0.917. The number of nitriles is 1. The molecule has 0 unspecified atom stereocenters. The molecule has 0 bridgehead atoms. The van der Waals surface area contributed by atoms with Gasteiger partial charge in [0.25, 0.3) is 11.6 Å². The lowest BCUT2D eigenvalue weighted by Gasteiger charge is -2.20. The van der Waals surface area contributed by atoms with E-state index in [1.807, 2.05) is 11.0 Å². The van der Waals surface area contributed by atoms with Crippen LogP contribution >= 0.6 is 11.8 Å². The first-order valence-corrected chi connectivity index (χ1v) is 10.6. The summed E-state index contributed by atoms with van der Waals surface area (Å²) in [4.78, 5) is 38.2. The molecule has 0 aliphatic carbocycles. The molecule has 0 aromatic heterocycles. The van der Waals surface area contributed by atoms with Gasteiger partial charge < -0.3 is 15.0 Å². The molecule has 0 saturated carbocycles. The van der Waals surface area contributed by atoms with Crippen LogP contribution in [0.1, 0.15) is 23.2 Å². The van der Waals surface area contributed by atoms with E-state index in [1.54, 1.807) is 30.3 Å². The second-order valence-corrected chi connectivity index (χ2v) is 7.74. The number of benzene rings is 2. The van der Waals surface area contributed by atoms with Gasteiger partial charge in [-0.05, 0) is 31.0 Å². The van der Waals surface area contributed by atoms with Gasteiger partial charge in [0.05, 0.1) is 33.7 Å². The summed E-state index contributed by atoms with van der Waals surface area (Å²) in [6.45, 7) is 0.948. The first-order valence-electron chi connectivity index (χ1n) is 9.58. The molecule has 1 N–H and O–H groups in total. The van der Waals surface area contributed by atoms with Gasteiger partial charge in [0.1, 0.15) is 0 Å². The summed E-state index contributed by atoms with van der Waals surface area (Å²) in [6, 6.07) is 13.1. The Morgan fingerprint density at radius 3 is 2.68 bits per heavy atom. The highest BCUT2D eigenvalue weighted by Crippen LogP contribution is 2.29. The van der Waals surface area contributed by atoms with Crippen LogP contribution in [0.5, 0.6) is 0 Å². The molecule has 1 aliphatic rings. The van der Waals surface area contributed by atoms with Crippen LogP contribution in [0, 0.1) is 21.4 Å². The number of esters is 1. The van der Waals surface area contributed by atoms with Crippen LogP contribution in [-0.2, 0) is 9.53 Å². The average molecular weight is 440 g/mol. The lowest BCUT2D eigenvalue weighted by molar-refractivity contribution is -0.384. The quantitative estimate of drug-likeness (QED) is 0.286. The van der Waals surface area contributed by atoms with Crippen molar-refractivity contribution in [3.05, 3.63) is 58.1 Å². The van der Waals surface area contributed by atoms with Crippen molar-refractivity contribution in [2.45, 2.75) is 17.7 Å². The van der Waals surface area contributed by atoms with Crippen molar-refractivity contribution in [1.82, 2.24) is 0 Å². The van der Waals surface area contributed by atoms with Gasteiger partial charge in [-0.3, -0.25) is 14.9 Å². The first-order chi connectivity index (χ1) is 15.0. The zero-order chi connectivity index (χ0) is 22.2. The highest BCUT2D eigenvalue weighted by Gasteiger charge is 2.24. The fourth-order valence-electron chi connectivity index (χ4n) is 3.24. The van der Waals surface area contributed by atoms with Crippen molar-refractivity contribution < 1.29 is 19.2 Å². The normalized spacial score (nSPS) is 12.8.